The fourth-order valence-corrected chi connectivity index (χ4v) is 1.42. The molecule has 1 amide bonds. The van der Waals surface area contributed by atoms with E-state index >= 15 is 0 Å². The second kappa shape index (κ2) is 6.54. The molecule has 4 nitrogen and oxygen atoms in total. The van der Waals surface area contributed by atoms with Crippen LogP contribution in [0.25, 0.3) is 0 Å². The molecule has 0 heterocycles. The van der Waals surface area contributed by atoms with Crippen molar-refractivity contribution in [1.29, 1.82) is 5.26 Å². The molecule has 0 radical (unpaired) electrons. The van der Waals surface area contributed by atoms with E-state index in [1.807, 2.05) is 18.2 Å². The highest BCUT2D eigenvalue weighted by molar-refractivity contribution is 5.75. The number of benzene rings is 1. The van der Waals surface area contributed by atoms with Crippen molar-refractivity contribution in [3.63, 3.8) is 0 Å². The first kappa shape index (κ1) is 13.0. The minimum absolute atomic E-state index is 0.125. The molecule has 0 aliphatic heterocycles. The third-order valence-electron chi connectivity index (χ3n) is 2.43. The molecule has 90 valence electrons. The SMILES string of the molecule is CN(C)C(=O)CCCNc1ccccc1C#N. The standard InChI is InChI=1S/C13H17N3O/c1-16(2)13(17)8-5-9-15-12-7-4-3-6-11(12)10-14/h3-4,6-7,15H,5,8-9H2,1-2H3. The van der Waals surface area contributed by atoms with Crippen LogP contribution in [0, 0.1) is 11.3 Å². The molecular formula is C13H17N3O. The fourth-order valence-electron chi connectivity index (χ4n) is 1.42. The van der Waals surface area contributed by atoms with Gasteiger partial charge in [-0.2, -0.15) is 5.26 Å². The number of nitriles is 1. The van der Waals surface area contributed by atoms with Gasteiger partial charge in [-0.3, -0.25) is 4.79 Å². The van der Waals surface area contributed by atoms with Gasteiger partial charge in [-0.15, -0.1) is 0 Å². The number of hydrogen-bond donors (Lipinski definition) is 1. The van der Waals surface area contributed by atoms with Crippen LogP contribution in [0.4, 0.5) is 5.69 Å². The highest BCUT2D eigenvalue weighted by Gasteiger charge is 2.03. The van der Waals surface area contributed by atoms with Crippen LogP contribution in [0.1, 0.15) is 18.4 Å². The lowest BCUT2D eigenvalue weighted by molar-refractivity contribution is -0.128. The van der Waals surface area contributed by atoms with E-state index in [2.05, 4.69) is 11.4 Å². The first-order valence-electron chi connectivity index (χ1n) is 5.58. The summed E-state index contributed by atoms with van der Waals surface area (Å²) in [7, 11) is 3.50. The van der Waals surface area contributed by atoms with Crippen LogP contribution in [-0.2, 0) is 4.79 Å². The highest BCUT2D eigenvalue weighted by Crippen LogP contribution is 2.13. The number of rotatable bonds is 5. The normalized spacial score (nSPS) is 9.47. The summed E-state index contributed by atoms with van der Waals surface area (Å²) in [6.07, 6.45) is 1.28. The minimum atomic E-state index is 0.125. The van der Waals surface area contributed by atoms with Gasteiger partial charge < -0.3 is 10.2 Å². The molecule has 0 aromatic heterocycles. The van der Waals surface area contributed by atoms with Crippen LogP contribution < -0.4 is 5.32 Å². The zero-order chi connectivity index (χ0) is 12.7. The first-order chi connectivity index (χ1) is 8.15. The van der Waals surface area contributed by atoms with Crippen LogP contribution in [0.2, 0.25) is 0 Å². The van der Waals surface area contributed by atoms with E-state index in [0.29, 0.717) is 18.5 Å². The van der Waals surface area contributed by atoms with E-state index in [1.54, 1.807) is 25.1 Å². The topological polar surface area (TPSA) is 56.1 Å². The molecule has 0 bridgehead atoms. The summed E-state index contributed by atoms with van der Waals surface area (Å²) < 4.78 is 0. The third-order valence-corrected chi connectivity index (χ3v) is 2.43. The molecule has 0 fully saturated rings. The van der Waals surface area contributed by atoms with Crippen LogP contribution >= 0.6 is 0 Å². The molecule has 0 spiro atoms. The van der Waals surface area contributed by atoms with E-state index in [9.17, 15) is 4.79 Å². The smallest absolute Gasteiger partial charge is 0.222 e. The molecule has 0 aliphatic rings. The van der Waals surface area contributed by atoms with Crippen LogP contribution in [-0.4, -0.2) is 31.4 Å². The predicted octanol–water partition coefficient (Wildman–Crippen LogP) is 1.84. The van der Waals surface area contributed by atoms with Crippen LogP contribution in [0.3, 0.4) is 0 Å². The van der Waals surface area contributed by atoms with E-state index in [-0.39, 0.29) is 5.91 Å². The van der Waals surface area contributed by atoms with Gasteiger partial charge in [-0.05, 0) is 18.6 Å². The van der Waals surface area contributed by atoms with Crippen LogP contribution in [0.15, 0.2) is 24.3 Å². The van der Waals surface area contributed by atoms with Gasteiger partial charge in [0.05, 0.1) is 11.3 Å². The summed E-state index contributed by atoms with van der Waals surface area (Å²) in [4.78, 5) is 12.9. The highest BCUT2D eigenvalue weighted by atomic mass is 16.2. The first-order valence-corrected chi connectivity index (χ1v) is 5.58. The molecule has 1 N–H and O–H groups in total. The molecule has 1 aromatic rings. The largest absolute Gasteiger partial charge is 0.384 e. The molecule has 17 heavy (non-hydrogen) atoms. The Kier molecular flexibility index (Phi) is 5.02. The quantitative estimate of drug-likeness (QED) is 0.787. The number of carbonyl (C=O) groups is 1. The van der Waals surface area contributed by atoms with Gasteiger partial charge in [0.25, 0.3) is 0 Å². The number of anilines is 1. The second-order valence-corrected chi connectivity index (χ2v) is 3.98. The molecule has 0 saturated carbocycles. The predicted molar refractivity (Wildman–Crippen MR) is 67.6 cm³/mol. The van der Waals surface area contributed by atoms with Crippen molar-refractivity contribution in [2.75, 3.05) is 26.0 Å². The zero-order valence-corrected chi connectivity index (χ0v) is 10.2. The number of carbonyl (C=O) groups excluding carboxylic acids is 1. The number of amides is 1. The second-order valence-electron chi connectivity index (χ2n) is 3.98. The van der Waals surface area contributed by atoms with Crippen molar-refractivity contribution in [2.45, 2.75) is 12.8 Å². The Bertz CT molecular complexity index is 421. The molecule has 0 atom stereocenters. The Balaban J connectivity index is 2.37. The molecule has 1 rings (SSSR count). The summed E-state index contributed by atoms with van der Waals surface area (Å²) in [6, 6.07) is 9.48. The fraction of sp³-hybridized carbons (Fsp3) is 0.385. The molecule has 0 aliphatic carbocycles. The summed E-state index contributed by atoms with van der Waals surface area (Å²) in [5.41, 5.74) is 1.46. The summed E-state index contributed by atoms with van der Waals surface area (Å²) in [5.74, 6) is 0.125. The Labute approximate surface area is 102 Å². The van der Waals surface area contributed by atoms with Crippen molar-refractivity contribution in [1.82, 2.24) is 4.90 Å². The van der Waals surface area contributed by atoms with E-state index < -0.39 is 0 Å². The zero-order valence-electron chi connectivity index (χ0n) is 10.2. The van der Waals surface area contributed by atoms with Gasteiger partial charge in [0.15, 0.2) is 0 Å². The molecule has 0 unspecified atom stereocenters. The minimum Gasteiger partial charge on any atom is -0.384 e. The average Bonchev–Trinajstić information content (AvgIpc) is 2.34. The average molecular weight is 231 g/mol. The summed E-state index contributed by atoms with van der Waals surface area (Å²) in [5, 5.41) is 12.1. The summed E-state index contributed by atoms with van der Waals surface area (Å²) >= 11 is 0. The van der Waals surface area contributed by atoms with Gasteiger partial charge in [-0.25, -0.2) is 0 Å². The van der Waals surface area contributed by atoms with E-state index in [0.717, 1.165) is 12.1 Å². The molecule has 4 heteroatoms. The monoisotopic (exact) mass is 231 g/mol. The Hall–Kier alpha value is -2.02. The summed E-state index contributed by atoms with van der Waals surface area (Å²) in [6.45, 7) is 0.693. The number of nitrogens with one attached hydrogen (secondary N) is 1. The third kappa shape index (κ3) is 4.15. The van der Waals surface area contributed by atoms with Gasteiger partial charge in [0, 0.05) is 27.1 Å². The van der Waals surface area contributed by atoms with E-state index in [4.69, 9.17) is 5.26 Å². The van der Waals surface area contributed by atoms with Crippen molar-refractivity contribution < 1.29 is 4.79 Å². The Morgan fingerprint density at radius 3 is 2.76 bits per heavy atom. The lowest BCUT2D eigenvalue weighted by Gasteiger charge is -2.11. The van der Waals surface area contributed by atoms with Crippen molar-refractivity contribution in [3.05, 3.63) is 29.8 Å². The van der Waals surface area contributed by atoms with Crippen molar-refractivity contribution in [3.8, 4) is 6.07 Å². The lowest BCUT2D eigenvalue weighted by atomic mass is 10.2. The maximum Gasteiger partial charge on any atom is 0.222 e. The number of para-hydroxylation sites is 1. The number of nitrogens with zero attached hydrogens (tertiary/aromatic N) is 2. The van der Waals surface area contributed by atoms with Crippen LogP contribution in [0.5, 0.6) is 0 Å². The van der Waals surface area contributed by atoms with E-state index in [1.165, 1.54) is 0 Å². The van der Waals surface area contributed by atoms with Gasteiger partial charge in [0.1, 0.15) is 6.07 Å². The van der Waals surface area contributed by atoms with Gasteiger partial charge >= 0.3 is 0 Å². The van der Waals surface area contributed by atoms with Gasteiger partial charge in [0.2, 0.25) is 5.91 Å². The molecule has 1 aromatic carbocycles. The van der Waals surface area contributed by atoms with Crippen molar-refractivity contribution >= 4 is 11.6 Å². The lowest BCUT2D eigenvalue weighted by Crippen LogP contribution is -2.22. The maximum atomic E-state index is 11.3. The Morgan fingerprint density at radius 2 is 2.12 bits per heavy atom. The molecule has 0 saturated heterocycles. The number of hydrogen-bond acceptors (Lipinski definition) is 3. The maximum absolute atomic E-state index is 11.3. The Morgan fingerprint density at radius 1 is 1.41 bits per heavy atom. The van der Waals surface area contributed by atoms with Gasteiger partial charge in [-0.1, -0.05) is 12.1 Å². The van der Waals surface area contributed by atoms with Crippen molar-refractivity contribution in [2.24, 2.45) is 0 Å². The molecular weight excluding hydrogens is 214 g/mol.